The highest BCUT2D eigenvalue weighted by Gasteiger charge is 2.22. The average Bonchev–Trinajstić information content (AvgIpc) is 3.35. The van der Waals surface area contributed by atoms with Crippen molar-refractivity contribution in [1.29, 1.82) is 5.26 Å². The van der Waals surface area contributed by atoms with Crippen molar-refractivity contribution in [3.63, 3.8) is 0 Å². The van der Waals surface area contributed by atoms with E-state index in [1.165, 1.54) is 10.9 Å². The number of fused-ring (bicyclic) bond motifs is 2. The first-order chi connectivity index (χ1) is 15.5. The predicted molar refractivity (Wildman–Crippen MR) is 122 cm³/mol. The number of anilines is 1. The van der Waals surface area contributed by atoms with Crippen molar-refractivity contribution < 1.29 is 9.21 Å². The van der Waals surface area contributed by atoms with Crippen molar-refractivity contribution in [2.24, 2.45) is 0 Å². The zero-order chi connectivity index (χ0) is 22.4. The lowest BCUT2D eigenvalue weighted by Crippen LogP contribution is -2.17. The molecule has 0 atom stereocenters. The number of rotatable bonds is 3. The van der Waals surface area contributed by atoms with E-state index in [2.05, 4.69) is 16.5 Å². The molecule has 3 heterocycles. The molecule has 5 aromatic rings. The Labute approximate surface area is 183 Å². The van der Waals surface area contributed by atoms with E-state index in [9.17, 15) is 10.1 Å². The third kappa shape index (κ3) is 3.01. The van der Waals surface area contributed by atoms with Gasteiger partial charge in [-0.25, -0.2) is 4.98 Å². The number of carbonyl (C=O) groups is 1. The second kappa shape index (κ2) is 7.36. The third-order valence-electron chi connectivity index (χ3n) is 5.62. The molecule has 0 unspecified atom stereocenters. The second-order valence-electron chi connectivity index (χ2n) is 7.71. The summed E-state index contributed by atoms with van der Waals surface area (Å²) in [5.74, 6) is 0.506. The molecule has 0 bridgehead atoms. The van der Waals surface area contributed by atoms with Gasteiger partial charge in [0.15, 0.2) is 17.4 Å². The van der Waals surface area contributed by atoms with E-state index in [1.807, 2.05) is 69.3 Å². The summed E-state index contributed by atoms with van der Waals surface area (Å²) in [6.07, 6.45) is 1.42. The van der Waals surface area contributed by atoms with Gasteiger partial charge >= 0.3 is 0 Å². The number of aromatic nitrogens is 3. The summed E-state index contributed by atoms with van der Waals surface area (Å²) in [5.41, 5.74) is 4.50. The molecule has 1 amide bonds. The molecule has 3 aromatic heterocycles. The lowest BCUT2D eigenvalue weighted by Gasteiger charge is -2.12. The van der Waals surface area contributed by atoms with Crippen molar-refractivity contribution in [2.75, 3.05) is 5.32 Å². The molecule has 7 nitrogen and oxygen atoms in total. The highest BCUT2D eigenvalue weighted by molar-refractivity contribution is 6.06. The zero-order valence-corrected chi connectivity index (χ0v) is 17.8. The van der Waals surface area contributed by atoms with Crippen molar-refractivity contribution in [3.05, 3.63) is 82.7 Å². The van der Waals surface area contributed by atoms with Crippen LogP contribution in [0.25, 0.3) is 27.7 Å². The summed E-state index contributed by atoms with van der Waals surface area (Å²) in [6.45, 7) is 5.83. The van der Waals surface area contributed by atoms with Gasteiger partial charge in [0.2, 0.25) is 0 Å². The summed E-state index contributed by atoms with van der Waals surface area (Å²) < 4.78 is 7.26. The Hall–Kier alpha value is -4.44. The minimum atomic E-state index is -0.453. The van der Waals surface area contributed by atoms with Gasteiger partial charge in [0.05, 0.1) is 11.7 Å². The van der Waals surface area contributed by atoms with Crippen LogP contribution in [0.5, 0.6) is 0 Å². The lowest BCUT2D eigenvalue weighted by atomic mass is 10.1. The first-order valence-corrected chi connectivity index (χ1v) is 10.1. The molecule has 0 spiro atoms. The van der Waals surface area contributed by atoms with Crippen LogP contribution in [0.3, 0.4) is 0 Å². The smallest absolute Gasteiger partial charge is 0.292 e. The van der Waals surface area contributed by atoms with Crippen molar-refractivity contribution in [1.82, 2.24) is 14.8 Å². The maximum Gasteiger partial charge on any atom is 0.292 e. The van der Waals surface area contributed by atoms with E-state index in [1.54, 1.807) is 0 Å². The number of benzene rings is 2. The number of para-hydroxylation sites is 2. The molecule has 7 heteroatoms. The van der Waals surface area contributed by atoms with Crippen LogP contribution < -0.4 is 5.32 Å². The zero-order valence-electron chi connectivity index (χ0n) is 17.8. The number of amides is 1. The number of carbonyl (C=O) groups excluding carboxylic acids is 1. The molecule has 1 N–H and O–H groups in total. The Kier molecular flexibility index (Phi) is 4.49. The van der Waals surface area contributed by atoms with E-state index >= 15 is 0 Å². The Morgan fingerprint density at radius 3 is 2.62 bits per heavy atom. The van der Waals surface area contributed by atoms with Gasteiger partial charge in [0.25, 0.3) is 5.91 Å². The molecule has 0 radical (unpaired) electrons. The van der Waals surface area contributed by atoms with E-state index in [-0.39, 0.29) is 17.1 Å². The third-order valence-corrected chi connectivity index (χ3v) is 5.62. The van der Waals surface area contributed by atoms with Crippen LogP contribution in [0.15, 0.2) is 59.1 Å². The van der Waals surface area contributed by atoms with Gasteiger partial charge in [-0.2, -0.15) is 15.0 Å². The molecule has 0 saturated heterocycles. The first kappa shape index (κ1) is 19.5. The standard InChI is InChI=1S/C25H19N5O2/c1-14-7-6-9-18-15(2)11-21(28-22(14)18)30-24(17(12-26)13-27-30)29-25(31)23-16(3)19-8-4-5-10-20(19)32-23/h4-11,13H,1-3H3,(H,29,31). The van der Waals surface area contributed by atoms with Gasteiger partial charge in [-0.1, -0.05) is 36.4 Å². The van der Waals surface area contributed by atoms with Gasteiger partial charge < -0.3 is 9.73 Å². The SMILES string of the molecule is Cc1c(C(=O)Nc2c(C#N)cnn2-c2cc(C)c3cccc(C)c3n2)oc2ccccc12. The number of nitriles is 1. The van der Waals surface area contributed by atoms with Crippen molar-refractivity contribution >= 4 is 33.6 Å². The molecular weight excluding hydrogens is 402 g/mol. The second-order valence-corrected chi connectivity index (χ2v) is 7.71. The Balaban J connectivity index is 1.61. The molecule has 0 saturated carbocycles. The van der Waals surface area contributed by atoms with Crippen molar-refractivity contribution in [2.45, 2.75) is 20.8 Å². The number of pyridine rings is 1. The van der Waals surface area contributed by atoms with Gasteiger partial charge in [-0.3, -0.25) is 4.79 Å². The van der Waals surface area contributed by atoms with Crippen LogP contribution in [0.1, 0.15) is 32.8 Å². The Bertz CT molecular complexity index is 1570. The normalized spacial score (nSPS) is 11.1. The monoisotopic (exact) mass is 421 g/mol. The molecule has 32 heavy (non-hydrogen) atoms. The van der Waals surface area contributed by atoms with Crippen LogP contribution in [0.4, 0.5) is 5.82 Å². The summed E-state index contributed by atoms with van der Waals surface area (Å²) in [5, 5.41) is 18.7. The molecule has 0 aliphatic carbocycles. The van der Waals surface area contributed by atoms with Crippen LogP contribution in [-0.4, -0.2) is 20.7 Å². The fourth-order valence-electron chi connectivity index (χ4n) is 3.93. The topological polar surface area (TPSA) is 96.7 Å². The largest absolute Gasteiger partial charge is 0.451 e. The average molecular weight is 421 g/mol. The first-order valence-electron chi connectivity index (χ1n) is 10.1. The number of nitrogens with zero attached hydrogens (tertiary/aromatic N) is 4. The maximum atomic E-state index is 13.1. The predicted octanol–water partition coefficient (Wildman–Crippen LogP) is 5.22. The minimum absolute atomic E-state index is 0.196. The summed E-state index contributed by atoms with van der Waals surface area (Å²) >= 11 is 0. The lowest BCUT2D eigenvalue weighted by molar-refractivity contribution is 0.0997. The molecule has 5 rings (SSSR count). The highest BCUT2D eigenvalue weighted by Crippen LogP contribution is 2.28. The number of nitrogens with one attached hydrogen (secondary N) is 1. The van der Waals surface area contributed by atoms with Gasteiger partial charge in [0, 0.05) is 16.3 Å². The quantitative estimate of drug-likeness (QED) is 0.431. The van der Waals surface area contributed by atoms with Crippen LogP contribution >= 0.6 is 0 Å². The number of hydrogen-bond donors (Lipinski definition) is 1. The molecule has 0 aliphatic heterocycles. The van der Waals surface area contributed by atoms with E-state index < -0.39 is 5.91 Å². The van der Waals surface area contributed by atoms with Crippen LogP contribution in [0.2, 0.25) is 0 Å². The molecular formula is C25H19N5O2. The number of furan rings is 1. The maximum absolute atomic E-state index is 13.1. The summed E-state index contributed by atoms with van der Waals surface area (Å²) in [4.78, 5) is 17.9. The number of aryl methyl sites for hydroxylation is 3. The van der Waals surface area contributed by atoms with Gasteiger partial charge in [-0.15, -0.1) is 0 Å². The Morgan fingerprint density at radius 1 is 1.06 bits per heavy atom. The van der Waals surface area contributed by atoms with E-state index in [0.29, 0.717) is 11.4 Å². The van der Waals surface area contributed by atoms with E-state index in [0.717, 1.165) is 33.0 Å². The molecule has 156 valence electrons. The summed E-state index contributed by atoms with van der Waals surface area (Å²) in [6, 6.07) is 17.5. The summed E-state index contributed by atoms with van der Waals surface area (Å²) in [7, 11) is 0. The minimum Gasteiger partial charge on any atom is -0.451 e. The van der Waals surface area contributed by atoms with Crippen LogP contribution in [-0.2, 0) is 0 Å². The van der Waals surface area contributed by atoms with Gasteiger partial charge in [0.1, 0.15) is 17.2 Å². The number of hydrogen-bond acceptors (Lipinski definition) is 5. The van der Waals surface area contributed by atoms with Gasteiger partial charge in [-0.05, 0) is 44.0 Å². The fraction of sp³-hybridized carbons (Fsp3) is 0.120. The van der Waals surface area contributed by atoms with E-state index in [4.69, 9.17) is 9.40 Å². The molecule has 0 fully saturated rings. The molecule has 2 aromatic carbocycles. The highest BCUT2D eigenvalue weighted by atomic mass is 16.3. The molecule has 0 aliphatic rings. The van der Waals surface area contributed by atoms with Crippen LogP contribution in [0, 0.1) is 32.1 Å². The Morgan fingerprint density at radius 2 is 1.84 bits per heavy atom. The van der Waals surface area contributed by atoms with Crippen molar-refractivity contribution in [3.8, 4) is 11.9 Å². The fourth-order valence-corrected chi connectivity index (χ4v) is 3.93.